The van der Waals surface area contributed by atoms with Crippen molar-refractivity contribution in [1.82, 2.24) is 15.3 Å². The van der Waals surface area contributed by atoms with Crippen molar-refractivity contribution in [1.29, 1.82) is 0 Å². The van der Waals surface area contributed by atoms with Gasteiger partial charge in [0.05, 0.1) is 5.54 Å². The van der Waals surface area contributed by atoms with Gasteiger partial charge in [-0.25, -0.2) is 0 Å². The molecule has 3 heterocycles. The number of nitrogens with one attached hydrogen (secondary N) is 1. The molecule has 1 N–H and O–H groups in total. The fourth-order valence-corrected chi connectivity index (χ4v) is 3.68. The number of fused-ring (bicyclic) bond motifs is 2. The Kier molecular flexibility index (Phi) is 2.84. The highest BCUT2D eigenvalue weighted by Gasteiger charge is 2.37. The highest BCUT2D eigenvalue weighted by molar-refractivity contribution is 5.81. The largest absolute Gasteiger partial charge is 0.436 e. The molecule has 4 aliphatic rings. The highest BCUT2D eigenvalue weighted by atomic mass is 16.7. The lowest BCUT2D eigenvalue weighted by atomic mass is 9.83. The fraction of sp³-hybridized carbons (Fsp3) is 0.333. The third kappa shape index (κ3) is 1.99. The van der Waals surface area contributed by atoms with Gasteiger partial charge in [0.15, 0.2) is 0 Å². The third-order valence-corrected chi connectivity index (χ3v) is 4.98. The molecule has 0 saturated heterocycles. The van der Waals surface area contributed by atoms with Crippen LogP contribution in [0.15, 0.2) is 45.6 Å². The molecule has 5 rings (SSSR count). The molecule has 3 aliphatic heterocycles. The van der Waals surface area contributed by atoms with Crippen molar-refractivity contribution >= 4 is 16.9 Å². The van der Waals surface area contributed by atoms with Crippen molar-refractivity contribution < 1.29 is 9.25 Å². The average Bonchev–Trinajstić information content (AvgIpc) is 3.15. The molecule has 1 fully saturated rings. The molecule has 1 aliphatic carbocycles. The highest BCUT2D eigenvalue weighted by Crippen LogP contribution is 2.35. The predicted octanol–water partition coefficient (Wildman–Crippen LogP) is 3.13. The Morgan fingerprint density at radius 3 is 2.88 bits per heavy atom. The summed E-state index contributed by atoms with van der Waals surface area (Å²) in [7, 11) is 0. The van der Waals surface area contributed by atoms with Gasteiger partial charge in [-0.3, -0.25) is 4.79 Å². The number of hydrogen-bond donors (Lipinski definition) is 1. The van der Waals surface area contributed by atoms with Gasteiger partial charge < -0.3 is 9.25 Å². The molecule has 0 aromatic heterocycles. The molecule has 0 bridgehead atoms. The number of para-hydroxylation sites is 1. The van der Waals surface area contributed by atoms with E-state index < -0.39 is 0 Å². The van der Waals surface area contributed by atoms with Gasteiger partial charge in [-0.2, -0.15) is 4.68 Å². The number of hydrogen-bond acceptors (Lipinski definition) is 5. The van der Waals surface area contributed by atoms with E-state index in [0.717, 1.165) is 31.1 Å². The summed E-state index contributed by atoms with van der Waals surface area (Å²) in [5.41, 5.74) is 3.88. The first-order valence-corrected chi connectivity index (χ1v) is 8.33. The average molecular weight is 323 g/mol. The zero-order valence-corrected chi connectivity index (χ0v) is 13.1. The van der Waals surface area contributed by atoms with E-state index in [4.69, 9.17) is 9.25 Å². The van der Waals surface area contributed by atoms with Gasteiger partial charge in [0, 0.05) is 11.5 Å². The molecule has 6 nitrogen and oxygen atoms in total. The van der Waals surface area contributed by atoms with Crippen LogP contribution in [0.2, 0.25) is 0 Å². The van der Waals surface area contributed by atoms with Crippen molar-refractivity contribution in [2.45, 2.75) is 37.6 Å². The Balaban J connectivity index is 1.64. The second-order valence-corrected chi connectivity index (χ2v) is 6.62. The van der Waals surface area contributed by atoms with E-state index in [1.807, 2.05) is 36.4 Å². The zero-order chi connectivity index (χ0) is 16.1. The van der Waals surface area contributed by atoms with E-state index >= 15 is 0 Å². The summed E-state index contributed by atoms with van der Waals surface area (Å²) < 4.78 is 7.06. The van der Waals surface area contributed by atoms with Crippen LogP contribution in [0.1, 0.15) is 32.1 Å². The van der Waals surface area contributed by atoms with E-state index in [1.54, 1.807) is 0 Å². The summed E-state index contributed by atoms with van der Waals surface area (Å²) in [4.78, 5) is 18.3. The SMILES string of the molecule is O=c1c2cc3ccccc3oc-2nn1C1=CC2(CCCCC2)NO1. The second kappa shape index (κ2) is 4.95. The molecule has 1 saturated carbocycles. The minimum atomic E-state index is -0.222. The normalized spacial score (nSPS) is 19.8. The topological polar surface area (TPSA) is 69.3 Å². The molecular formula is C18H17N3O3. The summed E-state index contributed by atoms with van der Waals surface area (Å²) in [6.07, 6.45) is 7.59. The minimum Gasteiger partial charge on any atom is -0.436 e. The Bertz CT molecular complexity index is 979. The fourth-order valence-electron chi connectivity index (χ4n) is 3.68. The quantitative estimate of drug-likeness (QED) is 0.745. The van der Waals surface area contributed by atoms with Gasteiger partial charge in [-0.1, -0.05) is 37.5 Å². The van der Waals surface area contributed by atoms with Crippen molar-refractivity contribution in [3.05, 3.63) is 46.8 Å². The molecule has 122 valence electrons. The van der Waals surface area contributed by atoms with Crippen LogP contribution in [0, 0.1) is 0 Å². The molecule has 0 unspecified atom stereocenters. The van der Waals surface area contributed by atoms with Crippen LogP contribution in [0.25, 0.3) is 28.3 Å². The van der Waals surface area contributed by atoms with Gasteiger partial charge in [0.2, 0.25) is 11.8 Å². The maximum absolute atomic E-state index is 12.7. The Labute approximate surface area is 138 Å². The van der Waals surface area contributed by atoms with Gasteiger partial charge in [0.1, 0.15) is 11.1 Å². The lowest BCUT2D eigenvalue weighted by molar-refractivity contribution is 0.0830. The van der Waals surface area contributed by atoms with Crippen molar-refractivity contribution in [3.63, 3.8) is 0 Å². The first-order chi connectivity index (χ1) is 11.7. The molecule has 0 atom stereocenters. The molecule has 1 spiro atoms. The maximum Gasteiger partial charge on any atom is 0.287 e. The van der Waals surface area contributed by atoms with Crippen LogP contribution in [-0.4, -0.2) is 15.3 Å². The van der Waals surface area contributed by atoms with Crippen molar-refractivity contribution in [2.75, 3.05) is 0 Å². The lowest BCUT2D eigenvalue weighted by Gasteiger charge is -2.29. The summed E-state index contributed by atoms with van der Waals surface area (Å²) >= 11 is 0. The first kappa shape index (κ1) is 13.8. The molecule has 24 heavy (non-hydrogen) atoms. The third-order valence-electron chi connectivity index (χ3n) is 4.98. The van der Waals surface area contributed by atoms with Gasteiger partial charge in [-0.15, -0.1) is 10.6 Å². The van der Waals surface area contributed by atoms with Gasteiger partial charge in [-0.05, 0) is 25.0 Å². The van der Waals surface area contributed by atoms with E-state index in [-0.39, 0.29) is 11.1 Å². The van der Waals surface area contributed by atoms with E-state index in [1.165, 1.54) is 11.1 Å². The molecule has 1 aromatic rings. The second-order valence-electron chi connectivity index (χ2n) is 6.62. The van der Waals surface area contributed by atoms with E-state index in [9.17, 15) is 4.79 Å². The molecule has 1 aromatic carbocycles. The minimum absolute atomic E-state index is 0.167. The van der Waals surface area contributed by atoms with E-state index in [0.29, 0.717) is 22.9 Å². The van der Waals surface area contributed by atoms with Crippen molar-refractivity contribution in [3.8, 4) is 11.5 Å². The Hall–Kier alpha value is -2.60. The lowest BCUT2D eigenvalue weighted by Crippen LogP contribution is -2.40. The van der Waals surface area contributed by atoms with Crippen LogP contribution in [-0.2, 0) is 4.84 Å². The monoisotopic (exact) mass is 323 g/mol. The number of aromatic nitrogens is 2. The maximum atomic E-state index is 12.7. The number of benzene rings is 1. The van der Waals surface area contributed by atoms with Gasteiger partial charge in [0.25, 0.3) is 5.56 Å². The number of rotatable bonds is 1. The summed E-state index contributed by atoms with van der Waals surface area (Å²) in [5.74, 6) is 0.769. The van der Waals surface area contributed by atoms with Crippen LogP contribution in [0.3, 0.4) is 0 Å². The Morgan fingerprint density at radius 2 is 2.00 bits per heavy atom. The van der Waals surface area contributed by atoms with Gasteiger partial charge >= 0.3 is 0 Å². The standard InChI is InChI=1S/C18H17N3O3/c22-17-13-10-12-6-2-3-7-14(12)23-16(13)19-21(17)15-11-18(20-24-15)8-4-1-5-9-18/h2-3,6-7,10-11,20H,1,4-5,8-9H2. The predicted molar refractivity (Wildman–Crippen MR) is 89.2 cm³/mol. The number of nitrogens with zero attached hydrogens (tertiary/aromatic N) is 2. The summed E-state index contributed by atoms with van der Waals surface area (Å²) in [6, 6.07) is 9.41. The van der Waals surface area contributed by atoms with E-state index in [2.05, 4.69) is 10.6 Å². The first-order valence-electron chi connectivity index (χ1n) is 8.33. The zero-order valence-electron chi connectivity index (χ0n) is 13.1. The summed E-state index contributed by atoms with van der Waals surface area (Å²) in [5, 5.41) is 5.21. The van der Waals surface area contributed by atoms with Crippen LogP contribution in [0.4, 0.5) is 0 Å². The van der Waals surface area contributed by atoms with Crippen LogP contribution < -0.4 is 11.0 Å². The Morgan fingerprint density at radius 1 is 1.17 bits per heavy atom. The van der Waals surface area contributed by atoms with Crippen molar-refractivity contribution in [2.24, 2.45) is 0 Å². The molecular weight excluding hydrogens is 306 g/mol. The van der Waals surface area contributed by atoms with Crippen LogP contribution in [0.5, 0.6) is 0 Å². The number of hydroxylamine groups is 1. The molecule has 6 heteroatoms. The molecule has 0 amide bonds. The molecule has 0 radical (unpaired) electrons. The summed E-state index contributed by atoms with van der Waals surface area (Å²) in [6.45, 7) is 0. The smallest absolute Gasteiger partial charge is 0.287 e. The van der Waals surface area contributed by atoms with Crippen LogP contribution >= 0.6 is 0 Å².